The normalized spacial score (nSPS) is 18.4. The lowest BCUT2D eigenvalue weighted by Gasteiger charge is -2.33. The summed E-state index contributed by atoms with van der Waals surface area (Å²) in [4.78, 5) is 14.3. The van der Waals surface area contributed by atoms with Crippen molar-refractivity contribution in [2.24, 2.45) is 7.05 Å². The quantitative estimate of drug-likeness (QED) is 0.839. The van der Waals surface area contributed by atoms with Crippen LogP contribution in [0.3, 0.4) is 0 Å². The van der Waals surface area contributed by atoms with Crippen LogP contribution in [-0.4, -0.2) is 58.5 Å². The predicted octanol–water partition coefficient (Wildman–Crippen LogP) is 1.92. The first-order valence-electron chi connectivity index (χ1n) is 10.2. The van der Waals surface area contributed by atoms with Gasteiger partial charge in [-0.15, -0.1) is 0 Å². The summed E-state index contributed by atoms with van der Waals surface area (Å²) in [5.74, 6) is 2.01. The molecule has 27 heavy (non-hydrogen) atoms. The monoisotopic (exact) mass is 369 g/mol. The van der Waals surface area contributed by atoms with Crippen LogP contribution < -0.4 is 15.1 Å². The van der Waals surface area contributed by atoms with Crippen LogP contribution in [-0.2, 0) is 13.5 Å². The molecule has 0 atom stereocenters. The zero-order valence-corrected chi connectivity index (χ0v) is 16.6. The minimum Gasteiger partial charge on any atom is -0.356 e. The van der Waals surface area contributed by atoms with Gasteiger partial charge in [0.05, 0.1) is 0 Å². The minimum atomic E-state index is 0.593. The highest BCUT2D eigenvalue weighted by Crippen LogP contribution is 2.23. The average Bonchev–Trinajstić information content (AvgIpc) is 3.34. The summed E-state index contributed by atoms with van der Waals surface area (Å²) in [6.45, 7) is 7.38. The maximum absolute atomic E-state index is 4.88. The Balaban J connectivity index is 1.29. The number of nitrogens with one attached hydrogen (secondary N) is 1. The smallest absolute Gasteiger partial charge is 0.227 e. The number of rotatable bonds is 6. The predicted molar refractivity (Wildman–Crippen MR) is 108 cm³/mol. The number of aryl methyl sites for hydroxylation is 2. The molecule has 2 aliphatic heterocycles. The minimum absolute atomic E-state index is 0.593. The Morgan fingerprint density at radius 1 is 1.07 bits per heavy atom. The molecule has 0 bridgehead atoms. The van der Waals surface area contributed by atoms with Crippen molar-refractivity contribution in [2.75, 3.05) is 42.5 Å². The average molecular weight is 370 g/mol. The maximum Gasteiger partial charge on any atom is 0.227 e. The largest absolute Gasteiger partial charge is 0.356 e. The van der Waals surface area contributed by atoms with Crippen LogP contribution in [0.4, 0.5) is 11.8 Å². The fraction of sp³-hybridized carbons (Fsp3) is 0.650. The van der Waals surface area contributed by atoms with Crippen molar-refractivity contribution >= 4 is 11.8 Å². The topological polar surface area (TPSA) is 62.1 Å². The number of piperidine rings is 1. The SMILES string of the molecule is Cc1cc(N2CCC(NCCc3ccnn3C)CC2)nc(N2CCCC2)n1. The lowest BCUT2D eigenvalue weighted by atomic mass is 10.0. The second-order valence-electron chi connectivity index (χ2n) is 7.77. The van der Waals surface area contributed by atoms with Crippen LogP contribution in [0, 0.1) is 6.92 Å². The van der Waals surface area contributed by atoms with Gasteiger partial charge in [0.1, 0.15) is 5.82 Å². The molecule has 0 saturated carbocycles. The first-order valence-corrected chi connectivity index (χ1v) is 10.2. The fourth-order valence-corrected chi connectivity index (χ4v) is 4.12. The summed E-state index contributed by atoms with van der Waals surface area (Å²) in [5.41, 5.74) is 2.35. The lowest BCUT2D eigenvalue weighted by molar-refractivity contribution is 0.414. The highest BCUT2D eigenvalue weighted by molar-refractivity contribution is 5.46. The lowest BCUT2D eigenvalue weighted by Crippen LogP contribution is -2.43. The van der Waals surface area contributed by atoms with Crippen LogP contribution >= 0.6 is 0 Å². The molecule has 7 nitrogen and oxygen atoms in total. The molecule has 0 aliphatic carbocycles. The van der Waals surface area contributed by atoms with Crippen LogP contribution in [0.25, 0.3) is 0 Å². The summed E-state index contributed by atoms with van der Waals surface area (Å²) in [7, 11) is 2.01. The van der Waals surface area contributed by atoms with Crippen molar-refractivity contribution in [3.63, 3.8) is 0 Å². The summed E-state index contributed by atoms with van der Waals surface area (Å²) < 4.78 is 1.96. The second kappa shape index (κ2) is 8.25. The summed E-state index contributed by atoms with van der Waals surface area (Å²) >= 11 is 0. The summed E-state index contributed by atoms with van der Waals surface area (Å²) in [5, 5.41) is 7.95. The Morgan fingerprint density at radius 2 is 1.85 bits per heavy atom. The third kappa shape index (κ3) is 4.40. The molecule has 2 fully saturated rings. The molecule has 7 heteroatoms. The molecule has 0 unspecified atom stereocenters. The van der Waals surface area contributed by atoms with E-state index in [0.717, 1.165) is 69.4 Å². The van der Waals surface area contributed by atoms with Gasteiger partial charge in [0.15, 0.2) is 0 Å². The van der Waals surface area contributed by atoms with Gasteiger partial charge in [-0.1, -0.05) is 0 Å². The van der Waals surface area contributed by atoms with E-state index in [1.807, 2.05) is 17.9 Å². The van der Waals surface area contributed by atoms with Gasteiger partial charge in [-0.2, -0.15) is 10.1 Å². The van der Waals surface area contributed by atoms with Gasteiger partial charge in [-0.3, -0.25) is 4.68 Å². The second-order valence-corrected chi connectivity index (χ2v) is 7.77. The molecule has 0 spiro atoms. The summed E-state index contributed by atoms with van der Waals surface area (Å²) in [6.07, 6.45) is 7.72. The Morgan fingerprint density at radius 3 is 2.56 bits per heavy atom. The summed E-state index contributed by atoms with van der Waals surface area (Å²) in [6, 6.07) is 4.82. The van der Waals surface area contributed by atoms with Gasteiger partial charge in [-0.25, -0.2) is 4.98 Å². The van der Waals surface area contributed by atoms with E-state index in [1.54, 1.807) is 0 Å². The van der Waals surface area contributed by atoms with E-state index in [2.05, 4.69) is 44.3 Å². The van der Waals surface area contributed by atoms with Gasteiger partial charge < -0.3 is 15.1 Å². The van der Waals surface area contributed by atoms with Crippen LogP contribution in [0.5, 0.6) is 0 Å². The standard InChI is InChI=1S/C20H31N7/c1-16-15-19(24-20(23-16)27-11-3-4-12-27)26-13-7-17(8-14-26)21-9-5-18-6-10-22-25(18)2/h6,10,15,17,21H,3-5,7-9,11-14H2,1-2H3. The zero-order chi connectivity index (χ0) is 18.6. The molecule has 2 aliphatic rings. The molecule has 4 rings (SSSR count). The molecular weight excluding hydrogens is 338 g/mol. The van der Waals surface area contributed by atoms with Crippen molar-refractivity contribution < 1.29 is 0 Å². The highest BCUT2D eigenvalue weighted by Gasteiger charge is 2.22. The number of aromatic nitrogens is 4. The Bertz CT molecular complexity index is 743. The highest BCUT2D eigenvalue weighted by atomic mass is 15.3. The van der Waals surface area contributed by atoms with Crippen molar-refractivity contribution in [2.45, 2.75) is 45.1 Å². The van der Waals surface area contributed by atoms with Crippen molar-refractivity contribution in [3.8, 4) is 0 Å². The molecule has 146 valence electrons. The number of nitrogens with zero attached hydrogens (tertiary/aromatic N) is 6. The number of anilines is 2. The van der Waals surface area contributed by atoms with Crippen molar-refractivity contribution in [3.05, 3.63) is 29.7 Å². The van der Waals surface area contributed by atoms with Gasteiger partial charge in [0.2, 0.25) is 5.95 Å². The van der Waals surface area contributed by atoms with Crippen molar-refractivity contribution in [1.82, 2.24) is 25.1 Å². The zero-order valence-electron chi connectivity index (χ0n) is 16.6. The Kier molecular flexibility index (Phi) is 5.57. The number of hydrogen-bond acceptors (Lipinski definition) is 6. The molecule has 2 aromatic rings. The molecule has 0 radical (unpaired) electrons. The molecule has 0 aromatic carbocycles. The van der Waals surface area contributed by atoms with Gasteiger partial charge in [-0.05, 0) is 38.7 Å². The van der Waals surface area contributed by atoms with E-state index in [9.17, 15) is 0 Å². The van der Waals surface area contributed by atoms with E-state index in [1.165, 1.54) is 18.5 Å². The van der Waals surface area contributed by atoms with E-state index in [-0.39, 0.29) is 0 Å². The van der Waals surface area contributed by atoms with Gasteiger partial charge >= 0.3 is 0 Å². The molecule has 4 heterocycles. The van der Waals surface area contributed by atoms with Gasteiger partial charge in [0, 0.05) is 75.9 Å². The third-order valence-corrected chi connectivity index (χ3v) is 5.77. The van der Waals surface area contributed by atoms with E-state index in [0.29, 0.717) is 6.04 Å². The van der Waals surface area contributed by atoms with Crippen molar-refractivity contribution in [1.29, 1.82) is 0 Å². The van der Waals surface area contributed by atoms with Crippen LogP contribution in [0.15, 0.2) is 18.3 Å². The van der Waals surface area contributed by atoms with Crippen LogP contribution in [0.2, 0.25) is 0 Å². The fourth-order valence-electron chi connectivity index (χ4n) is 4.12. The molecular formula is C20H31N7. The molecule has 1 N–H and O–H groups in total. The number of hydrogen-bond donors (Lipinski definition) is 1. The molecule has 2 aromatic heterocycles. The Hall–Kier alpha value is -2.15. The Labute approximate surface area is 161 Å². The van der Waals surface area contributed by atoms with E-state index < -0.39 is 0 Å². The first kappa shape index (κ1) is 18.2. The van der Waals surface area contributed by atoms with Gasteiger partial charge in [0.25, 0.3) is 0 Å². The molecule has 0 amide bonds. The van der Waals surface area contributed by atoms with E-state index in [4.69, 9.17) is 4.98 Å². The third-order valence-electron chi connectivity index (χ3n) is 5.77. The molecule has 2 saturated heterocycles. The van der Waals surface area contributed by atoms with E-state index >= 15 is 0 Å². The van der Waals surface area contributed by atoms with Crippen LogP contribution in [0.1, 0.15) is 37.1 Å². The first-order chi connectivity index (χ1) is 13.2. The maximum atomic E-state index is 4.88.